The van der Waals surface area contributed by atoms with Crippen LogP contribution in [0.25, 0.3) is 0 Å². The summed E-state index contributed by atoms with van der Waals surface area (Å²) in [5.41, 5.74) is 0.435. The maximum absolute atomic E-state index is 12.3. The van der Waals surface area contributed by atoms with Gasteiger partial charge in [0.1, 0.15) is 12.8 Å². The summed E-state index contributed by atoms with van der Waals surface area (Å²) in [6.45, 7) is 0.586. The van der Waals surface area contributed by atoms with E-state index < -0.39 is 25.0 Å². The second-order valence-electron chi connectivity index (χ2n) is 5.27. The molecule has 1 atom stereocenters. The Hall–Kier alpha value is -2.70. The van der Waals surface area contributed by atoms with Crippen LogP contribution in [0.2, 0.25) is 0 Å². The third-order valence-electron chi connectivity index (χ3n) is 3.71. The molecule has 22 heavy (non-hydrogen) atoms. The minimum absolute atomic E-state index is 0.0146. The fourth-order valence-electron chi connectivity index (χ4n) is 2.68. The smallest absolute Gasteiger partial charge is 0.636 e. The molecule has 2 heterocycles. The number of carbonyl (C=O) groups excluding carboxylic acids is 3. The van der Waals surface area contributed by atoms with Crippen LogP contribution >= 0.6 is 0 Å². The quantitative estimate of drug-likeness (QED) is 0.481. The zero-order valence-electron chi connectivity index (χ0n) is 11.7. The summed E-state index contributed by atoms with van der Waals surface area (Å²) in [5.74, 6) is -0.845. The van der Waals surface area contributed by atoms with Gasteiger partial charge in [-0.05, 0) is 0 Å². The number of carbonyl (C=O) groups is 3. The van der Waals surface area contributed by atoms with Crippen molar-refractivity contribution < 1.29 is 28.4 Å². The molecule has 0 aromatic heterocycles. The van der Waals surface area contributed by atoms with Crippen LogP contribution in [-0.2, 0) is 18.8 Å². The Morgan fingerprint density at radius 1 is 1.23 bits per heavy atom. The van der Waals surface area contributed by atoms with Gasteiger partial charge in [-0.3, -0.25) is 14.4 Å². The molecule has 2 fully saturated rings. The average molecular weight is 300 g/mol. The molecule has 0 spiro atoms. The van der Waals surface area contributed by atoms with Crippen LogP contribution in [-0.4, -0.2) is 30.8 Å². The van der Waals surface area contributed by atoms with Crippen LogP contribution in [0.1, 0.15) is 23.2 Å². The lowest BCUT2D eigenvalue weighted by atomic mass is 9.49. The van der Waals surface area contributed by atoms with Gasteiger partial charge >= 0.3 is 12.5 Å². The predicted octanol–water partition coefficient (Wildman–Crippen LogP) is 2.02. The van der Waals surface area contributed by atoms with Gasteiger partial charge in [-0.25, -0.2) is 0 Å². The Balaban J connectivity index is 1.68. The molecule has 1 unspecified atom stereocenters. The van der Waals surface area contributed by atoms with E-state index in [0.29, 0.717) is 23.6 Å². The van der Waals surface area contributed by atoms with Gasteiger partial charge in [-0.2, -0.15) is 0 Å². The Morgan fingerprint density at radius 3 is 2.68 bits per heavy atom. The van der Waals surface area contributed by atoms with E-state index in [9.17, 15) is 14.4 Å². The number of hydrogen-bond acceptors (Lipinski definition) is 6. The van der Waals surface area contributed by atoms with Crippen molar-refractivity contribution >= 4 is 24.2 Å². The normalized spacial score (nSPS) is 22.8. The monoisotopic (exact) mass is 300 g/mol. The Morgan fingerprint density at radius 2 is 1.95 bits per heavy atom. The highest BCUT2D eigenvalue weighted by Gasteiger charge is 2.69. The Bertz CT molecular complexity index is 633. The molecule has 2 aliphatic rings. The summed E-state index contributed by atoms with van der Waals surface area (Å²) in [7, 11) is 0. The third kappa shape index (κ3) is 2.34. The van der Waals surface area contributed by atoms with Crippen molar-refractivity contribution in [2.24, 2.45) is 0 Å². The van der Waals surface area contributed by atoms with E-state index in [1.54, 1.807) is 30.3 Å². The summed E-state index contributed by atoms with van der Waals surface area (Å²) in [4.78, 5) is 35.6. The van der Waals surface area contributed by atoms with Gasteiger partial charge in [0.05, 0.1) is 5.76 Å². The minimum Gasteiger partial charge on any atom is -0.636 e. The number of ketones is 1. The highest BCUT2D eigenvalue weighted by atomic mass is 16.7. The first-order valence-corrected chi connectivity index (χ1v) is 6.84. The van der Waals surface area contributed by atoms with Gasteiger partial charge in [0.25, 0.3) is 5.87 Å². The molecule has 1 aromatic rings. The van der Waals surface area contributed by atoms with Crippen molar-refractivity contribution in [1.82, 2.24) is 0 Å². The summed E-state index contributed by atoms with van der Waals surface area (Å²) in [6, 6.07) is 8.46. The van der Waals surface area contributed by atoms with Crippen LogP contribution < -0.4 is 0 Å². The van der Waals surface area contributed by atoms with Gasteiger partial charge in [0.15, 0.2) is 12.4 Å². The van der Waals surface area contributed by atoms with Crippen LogP contribution in [0.5, 0.6) is 0 Å². The second-order valence-corrected chi connectivity index (χ2v) is 5.27. The van der Waals surface area contributed by atoms with E-state index in [0.717, 1.165) is 0 Å². The summed E-state index contributed by atoms with van der Waals surface area (Å²) in [5, 5.41) is 0. The predicted molar refractivity (Wildman–Crippen MR) is 76.7 cm³/mol. The highest BCUT2D eigenvalue weighted by molar-refractivity contribution is 7.02. The second kappa shape index (κ2) is 5.25. The number of Topliss-reactive ketones (excluding diaryl/α,β-unsaturated/α-hetero) is 1. The molecule has 7 heteroatoms. The number of allylic oxidation sites excluding steroid dienone is 1. The average Bonchev–Trinajstić information content (AvgIpc) is 2.97. The number of rotatable bonds is 4. The molecule has 2 aliphatic heterocycles. The van der Waals surface area contributed by atoms with Crippen LogP contribution in [0.4, 0.5) is 4.79 Å². The largest absolute Gasteiger partial charge is 0.660 e. The minimum atomic E-state index is -2.61. The topological polar surface area (TPSA) is 78.9 Å². The molecule has 2 saturated heterocycles. The van der Waals surface area contributed by atoms with Crippen molar-refractivity contribution in [2.75, 3.05) is 6.61 Å². The van der Waals surface area contributed by atoms with Crippen molar-refractivity contribution in [3.05, 3.63) is 54.1 Å². The van der Waals surface area contributed by atoms with Gasteiger partial charge in [-0.1, -0.05) is 36.9 Å². The maximum atomic E-state index is 12.3. The van der Waals surface area contributed by atoms with Crippen molar-refractivity contribution in [1.29, 1.82) is 0 Å². The van der Waals surface area contributed by atoms with Gasteiger partial charge in [0, 0.05) is 11.4 Å². The highest BCUT2D eigenvalue weighted by Crippen LogP contribution is 2.44. The first-order valence-electron chi connectivity index (χ1n) is 6.84. The standard InChI is InChI=1S/C15H13BO6/c1-10-7-12-8-14(18)22-16(12,21-10)15(19)20-9-13(17)11-5-3-2-4-6-11/h2-6H,1,7-9H2. The van der Waals surface area contributed by atoms with Crippen molar-refractivity contribution in [3.63, 3.8) is 0 Å². The van der Waals surface area contributed by atoms with Gasteiger partial charge < -0.3 is 14.0 Å². The molecular formula is C15H13BO6. The molecule has 0 aliphatic carbocycles. The molecule has 1 aromatic carbocycles. The number of fused-ring (bicyclic) bond motifs is 1. The molecule has 0 amide bonds. The molecular weight excluding hydrogens is 287 g/mol. The van der Waals surface area contributed by atoms with Crippen LogP contribution in [0, 0.1) is 5.82 Å². The van der Waals surface area contributed by atoms with Crippen LogP contribution in [0.15, 0.2) is 42.7 Å². The van der Waals surface area contributed by atoms with E-state index in [-0.39, 0.29) is 12.2 Å². The van der Waals surface area contributed by atoms with E-state index in [1.807, 2.05) is 0 Å². The molecule has 0 radical (unpaired) electrons. The number of benzene rings is 1. The lowest BCUT2D eigenvalue weighted by Crippen LogP contribution is -2.49. The lowest BCUT2D eigenvalue weighted by molar-refractivity contribution is -0.133. The van der Waals surface area contributed by atoms with Crippen molar-refractivity contribution in [3.8, 4) is 0 Å². The van der Waals surface area contributed by atoms with Crippen LogP contribution in [0.3, 0.4) is 0 Å². The fraction of sp³-hybridized carbons (Fsp3) is 0.200. The van der Waals surface area contributed by atoms with Gasteiger partial charge in [0.2, 0.25) is 0 Å². The van der Waals surface area contributed by atoms with E-state index >= 15 is 0 Å². The Labute approximate surface area is 127 Å². The molecule has 112 valence electrons. The zero-order chi connectivity index (χ0) is 15.7. The Kier molecular flexibility index (Phi) is 3.40. The third-order valence-corrected chi connectivity index (χ3v) is 3.71. The SMILES string of the molecule is C=C1C[C+]2CC(=O)O[B-]2(C(=O)OCC(=O)c2ccccc2)O1. The number of ether oxygens (including phenoxy) is 1. The molecule has 0 saturated carbocycles. The van der Waals surface area contributed by atoms with Gasteiger partial charge in [-0.15, -0.1) is 0 Å². The summed E-state index contributed by atoms with van der Waals surface area (Å²) < 4.78 is 15.4. The van der Waals surface area contributed by atoms with E-state index in [4.69, 9.17) is 14.0 Å². The van der Waals surface area contributed by atoms with E-state index in [2.05, 4.69) is 6.58 Å². The summed E-state index contributed by atoms with van der Waals surface area (Å²) >= 11 is 0. The molecule has 0 bridgehead atoms. The number of hydrogen-bond donors (Lipinski definition) is 0. The molecule has 6 nitrogen and oxygen atoms in total. The maximum Gasteiger partial charge on any atom is 0.660 e. The fourth-order valence-corrected chi connectivity index (χ4v) is 2.68. The first-order chi connectivity index (χ1) is 10.5. The van der Waals surface area contributed by atoms with E-state index in [1.165, 1.54) is 0 Å². The zero-order valence-corrected chi connectivity index (χ0v) is 11.7. The molecule has 0 N–H and O–H groups in total. The lowest BCUT2D eigenvalue weighted by Gasteiger charge is -2.23. The summed E-state index contributed by atoms with van der Waals surface area (Å²) in [6.07, 6.45) is 0.314. The first kappa shape index (κ1) is 14.3. The van der Waals surface area contributed by atoms with Crippen molar-refractivity contribution in [2.45, 2.75) is 12.8 Å². The molecule has 3 rings (SSSR count).